The zero-order valence-electron chi connectivity index (χ0n) is 12.0. The largest absolute Gasteiger partial charge is 0.465 e. The van der Waals surface area contributed by atoms with Gasteiger partial charge in [0.25, 0.3) is 0 Å². The topological polar surface area (TPSA) is 60.0 Å². The van der Waals surface area contributed by atoms with Gasteiger partial charge in [0.15, 0.2) is 11.4 Å². The van der Waals surface area contributed by atoms with Gasteiger partial charge >= 0.3 is 5.97 Å². The van der Waals surface area contributed by atoms with Crippen LogP contribution in [0.4, 0.5) is 5.69 Å². The van der Waals surface area contributed by atoms with Crippen molar-refractivity contribution < 1.29 is 19.0 Å². The Balaban J connectivity index is 2.00. The van der Waals surface area contributed by atoms with Crippen molar-refractivity contribution in [2.45, 2.75) is 6.29 Å². The fourth-order valence-electron chi connectivity index (χ4n) is 1.91. The van der Waals surface area contributed by atoms with E-state index in [0.717, 1.165) is 0 Å². The van der Waals surface area contributed by atoms with E-state index in [1.165, 1.54) is 7.11 Å². The van der Waals surface area contributed by atoms with Gasteiger partial charge in [-0.25, -0.2) is 4.79 Å². The van der Waals surface area contributed by atoms with E-state index in [2.05, 4.69) is 5.32 Å². The quantitative estimate of drug-likeness (QED) is 0.667. The number of anilines is 1. The monoisotopic (exact) mass is 310 g/mol. The fourth-order valence-corrected chi connectivity index (χ4v) is 2.09. The van der Waals surface area contributed by atoms with Crippen molar-refractivity contribution in [2.75, 3.05) is 39.2 Å². The predicted octanol–water partition coefficient (Wildman–Crippen LogP) is 1.47. The number of benzene rings is 1. The lowest BCUT2D eigenvalue weighted by Gasteiger charge is -2.24. The molecule has 1 fully saturated rings. The molecule has 1 aromatic carbocycles. The van der Waals surface area contributed by atoms with E-state index >= 15 is 0 Å². The van der Waals surface area contributed by atoms with Crippen LogP contribution in [-0.2, 0) is 14.2 Å². The van der Waals surface area contributed by atoms with E-state index in [4.69, 9.17) is 26.4 Å². The molecule has 21 heavy (non-hydrogen) atoms. The van der Waals surface area contributed by atoms with Crippen molar-refractivity contribution >= 4 is 29.0 Å². The molecule has 6 nitrogen and oxygen atoms in total. The van der Waals surface area contributed by atoms with Crippen molar-refractivity contribution in [3.05, 3.63) is 29.8 Å². The highest BCUT2D eigenvalue weighted by Crippen LogP contribution is 2.17. The Bertz CT molecular complexity index is 517. The molecule has 1 aliphatic heterocycles. The molecule has 114 valence electrons. The van der Waals surface area contributed by atoms with Gasteiger partial charge in [0.05, 0.1) is 38.1 Å². The zero-order valence-corrected chi connectivity index (χ0v) is 12.8. The lowest BCUT2D eigenvalue weighted by Crippen LogP contribution is -2.37. The molecule has 0 amide bonds. The number of thiocarbonyl (C=S) groups is 1. The smallest absolute Gasteiger partial charge is 0.339 e. The van der Waals surface area contributed by atoms with Crippen LogP contribution in [0.15, 0.2) is 24.3 Å². The Hall–Kier alpha value is -1.70. The molecule has 1 saturated heterocycles. The predicted molar refractivity (Wildman–Crippen MR) is 82.3 cm³/mol. The second-order valence-electron chi connectivity index (χ2n) is 4.52. The fraction of sp³-hybridized carbons (Fsp3) is 0.429. The highest BCUT2D eigenvalue weighted by molar-refractivity contribution is 7.80. The third kappa shape index (κ3) is 4.13. The molecule has 2 rings (SSSR count). The van der Waals surface area contributed by atoms with Gasteiger partial charge in [-0.15, -0.1) is 0 Å². The Kier molecular flexibility index (Phi) is 5.49. The number of carbonyl (C=O) groups excluding carboxylic acids is 1. The van der Waals surface area contributed by atoms with Gasteiger partial charge < -0.3 is 24.4 Å². The van der Waals surface area contributed by atoms with Crippen LogP contribution in [0, 0.1) is 0 Å². The summed E-state index contributed by atoms with van der Waals surface area (Å²) in [5.74, 6) is -0.411. The second kappa shape index (κ2) is 7.35. The highest BCUT2D eigenvalue weighted by atomic mass is 32.1. The molecule has 0 atom stereocenters. The summed E-state index contributed by atoms with van der Waals surface area (Å²) < 4.78 is 15.5. The first-order valence-corrected chi connectivity index (χ1v) is 6.95. The number of rotatable bonds is 4. The van der Waals surface area contributed by atoms with Gasteiger partial charge in [0.2, 0.25) is 0 Å². The Morgan fingerprint density at radius 2 is 2.10 bits per heavy atom. The first-order valence-electron chi connectivity index (χ1n) is 6.54. The summed E-state index contributed by atoms with van der Waals surface area (Å²) >= 11 is 5.33. The van der Waals surface area contributed by atoms with Crippen LogP contribution in [0.5, 0.6) is 0 Å². The number of nitrogens with one attached hydrogen (secondary N) is 1. The lowest BCUT2D eigenvalue weighted by atomic mass is 10.2. The molecule has 0 radical (unpaired) electrons. The van der Waals surface area contributed by atoms with Crippen LogP contribution in [-0.4, -0.2) is 56.2 Å². The molecule has 0 bridgehead atoms. The molecule has 1 aliphatic rings. The van der Waals surface area contributed by atoms with Crippen molar-refractivity contribution in [3.63, 3.8) is 0 Å². The Labute approximate surface area is 129 Å². The summed E-state index contributed by atoms with van der Waals surface area (Å²) in [6.07, 6.45) is -0.273. The van der Waals surface area contributed by atoms with E-state index in [1.54, 1.807) is 23.1 Å². The van der Waals surface area contributed by atoms with Gasteiger partial charge in [-0.2, -0.15) is 0 Å². The van der Waals surface area contributed by atoms with Crippen molar-refractivity contribution in [3.8, 4) is 0 Å². The van der Waals surface area contributed by atoms with Crippen LogP contribution < -0.4 is 5.32 Å². The highest BCUT2D eigenvalue weighted by Gasteiger charge is 2.20. The minimum atomic E-state index is -0.411. The summed E-state index contributed by atoms with van der Waals surface area (Å²) in [5.41, 5.74) is 1.04. The average molecular weight is 310 g/mol. The molecule has 0 spiro atoms. The molecular formula is C14H18N2O4S. The molecule has 1 heterocycles. The molecular weight excluding hydrogens is 292 g/mol. The molecule has 0 aromatic heterocycles. The summed E-state index contributed by atoms with van der Waals surface area (Å²) in [6, 6.07) is 7.04. The van der Waals surface area contributed by atoms with Crippen LogP contribution in [0.3, 0.4) is 0 Å². The average Bonchev–Trinajstić information content (AvgIpc) is 2.99. The molecule has 1 N–H and O–H groups in total. The molecule has 0 aliphatic carbocycles. The number of hydrogen-bond donors (Lipinski definition) is 1. The van der Waals surface area contributed by atoms with E-state index < -0.39 is 5.97 Å². The number of para-hydroxylation sites is 1. The van der Waals surface area contributed by atoms with Crippen molar-refractivity contribution in [2.24, 2.45) is 0 Å². The number of hydrogen-bond acceptors (Lipinski definition) is 5. The van der Waals surface area contributed by atoms with Crippen LogP contribution in [0.25, 0.3) is 0 Å². The minimum absolute atomic E-state index is 0.273. The summed E-state index contributed by atoms with van der Waals surface area (Å²) in [4.78, 5) is 13.5. The first-order chi connectivity index (χ1) is 10.1. The number of esters is 1. The minimum Gasteiger partial charge on any atom is -0.465 e. The van der Waals surface area contributed by atoms with E-state index in [-0.39, 0.29) is 6.29 Å². The van der Waals surface area contributed by atoms with Crippen LogP contribution in [0.1, 0.15) is 10.4 Å². The maximum Gasteiger partial charge on any atom is 0.339 e. The van der Waals surface area contributed by atoms with E-state index in [9.17, 15) is 4.79 Å². The molecule has 1 aromatic rings. The maximum absolute atomic E-state index is 11.7. The number of ether oxygens (including phenoxy) is 3. The molecule has 0 saturated carbocycles. The van der Waals surface area contributed by atoms with Gasteiger partial charge in [0, 0.05) is 7.05 Å². The lowest BCUT2D eigenvalue weighted by molar-refractivity contribution is -0.0495. The summed E-state index contributed by atoms with van der Waals surface area (Å²) in [6.45, 7) is 1.72. The second-order valence-corrected chi connectivity index (χ2v) is 4.91. The van der Waals surface area contributed by atoms with Gasteiger partial charge in [-0.05, 0) is 24.4 Å². The van der Waals surface area contributed by atoms with E-state index in [1.807, 2.05) is 13.1 Å². The maximum atomic E-state index is 11.7. The van der Waals surface area contributed by atoms with E-state index in [0.29, 0.717) is 36.1 Å². The number of nitrogens with zero attached hydrogens (tertiary/aromatic N) is 1. The normalized spacial score (nSPS) is 14.8. The third-order valence-electron chi connectivity index (χ3n) is 3.03. The molecule has 0 unspecified atom stereocenters. The third-order valence-corrected chi connectivity index (χ3v) is 3.45. The molecule has 7 heteroatoms. The number of likely N-dealkylation sites (N-methyl/N-ethyl adjacent to an activating group) is 1. The Morgan fingerprint density at radius 1 is 1.43 bits per heavy atom. The number of methoxy groups -OCH3 is 1. The first kappa shape index (κ1) is 15.7. The summed E-state index contributed by atoms with van der Waals surface area (Å²) in [7, 11) is 3.18. The van der Waals surface area contributed by atoms with Crippen LogP contribution >= 0.6 is 12.2 Å². The SMILES string of the molecule is COC(=O)c1ccccc1NC(=S)N(C)CC1OCCO1. The van der Waals surface area contributed by atoms with Crippen LogP contribution in [0.2, 0.25) is 0 Å². The van der Waals surface area contributed by atoms with Gasteiger partial charge in [0.1, 0.15) is 0 Å². The summed E-state index contributed by atoms with van der Waals surface area (Å²) in [5, 5.41) is 3.52. The number of carbonyl (C=O) groups is 1. The Morgan fingerprint density at radius 3 is 2.76 bits per heavy atom. The van der Waals surface area contributed by atoms with Crippen molar-refractivity contribution in [1.29, 1.82) is 0 Å². The van der Waals surface area contributed by atoms with Crippen molar-refractivity contribution in [1.82, 2.24) is 4.90 Å². The zero-order chi connectivity index (χ0) is 15.2. The standard InChI is InChI=1S/C14H18N2O4S/c1-16(9-12-19-7-8-20-12)14(21)15-11-6-4-3-5-10(11)13(17)18-2/h3-6,12H,7-9H2,1-2H3,(H,15,21). The van der Waals surface area contributed by atoms with Gasteiger partial charge in [-0.3, -0.25) is 0 Å². The van der Waals surface area contributed by atoms with Gasteiger partial charge in [-0.1, -0.05) is 12.1 Å².